The number of carbonyl (C=O) groups is 6. The van der Waals surface area contributed by atoms with Gasteiger partial charge in [0.2, 0.25) is 0 Å². The highest BCUT2D eigenvalue weighted by Crippen LogP contribution is 2.70. The van der Waals surface area contributed by atoms with Crippen LogP contribution in [0.25, 0.3) is 0 Å². The number of ether oxygens (including phenoxy) is 6. The van der Waals surface area contributed by atoms with Gasteiger partial charge in [-0.15, -0.1) is 0 Å². The lowest BCUT2D eigenvalue weighted by molar-refractivity contribution is -0.213. The molecule has 0 aromatic heterocycles. The summed E-state index contributed by atoms with van der Waals surface area (Å²) in [6.45, 7) is 18.0. The van der Waals surface area contributed by atoms with E-state index in [4.69, 9.17) is 28.4 Å². The molecule has 0 amide bonds. The minimum Gasteiger partial charge on any atom is -0.497 e. The van der Waals surface area contributed by atoms with Gasteiger partial charge in [-0.2, -0.15) is 0 Å². The summed E-state index contributed by atoms with van der Waals surface area (Å²) in [5.74, 6) is -4.19. The average Bonchev–Trinajstić information content (AvgIpc) is 4.07. The third-order valence-electron chi connectivity index (χ3n) is 13.0. The fourth-order valence-corrected chi connectivity index (χ4v) is 10.2. The van der Waals surface area contributed by atoms with Gasteiger partial charge >= 0.3 is 11.9 Å². The molecule has 58 heavy (non-hydrogen) atoms. The Morgan fingerprint density at radius 2 is 1.22 bits per heavy atom. The standard InChI is InChI=1S/C46H60O12/c1-11-13-15-17-27-29-30-31(34(48)38-44(55-38,35(30)49)21-19-24(3)39(50)57-42(5,6)7)36(54-27)46-26(23-53-28(32(29)46)18-16-14-12-2)33(47)37-45(56-37,41(46)52)22-20-25(4)40(51)58-43(8,9)10/h19-20,23,27-29,32,36-38H,11-18,21-22H2,1-10H3/b24-19+,25-20+/t27-,28+,29-,32-,36+,37-,38-,44+,45-,46+/m1/s1. The van der Waals surface area contributed by atoms with E-state index in [2.05, 4.69) is 13.8 Å². The second-order valence-corrected chi connectivity index (χ2v) is 19.3. The Labute approximate surface area is 341 Å². The van der Waals surface area contributed by atoms with Crippen molar-refractivity contribution < 1.29 is 57.2 Å². The molecule has 316 valence electrons. The summed E-state index contributed by atoms with van der Waals surface area (Å²) >= 11 is 0. The molecule has 0 radical (unpaired) electrons. The van der Waals surface area contributed by atoms with Gasteiger partial charge < -0.3 is 28.4 Å². The maximum atomic E-state index is 15.7. The summed E-state index contributed by atoms with van der Waals surface area (Å²) < 4.78 is 36.8. The Balaban J connectivity index is 1.34. The minimum absolute atomic E-state index is 0.0143. The predicted octanol–water partition coefficient (Wildman–Crippen LogP) is 6.66. The van der Waals surface area contributed by atoms with Gasteiger partial charge in [-0.05, 0) is 74.7 Å². The molecule has 8 aliphatic rings. The molecular weight excluding hydrogens is 744 g/mol. The predicted molar refractivity (Wildman–Crippen MR) is 210 cm³/mol. The number of carbonyl (C=O) groups excluding carboxylic acids is 6. The largest absolute Gasteiger partial charge is 0.497 e. The number of Topliss-reactive ketones (excluding diaryl/α,β-unsaturated/α-hetero) is 4. The van der Waals surface area contributed by atoms with Crippen molar-refractivity contribution in [1.29, 1.82) is 0 Å². The van der Waals surface area contributed by atoms with Gasteiger partial charge in [-0.25, -0.2) is 9.59 Å². The molecule has 12 heteroatoms. The zero-order valence-electron chi connectivity index (χ0n) is 35.7. The third kappa shape index (κ3) is 6.69. The van der Waals surface area contributed by atoms with Crippen LogP contribution in [0.2, 0.25) is 0 Å². The lowest BCUT2D eigenvalue weighted by Crippen LogP contribution is -2.74. The zero-order chi connectivity index (χ0) is 42.3. The minimum atomic E-state index is -1.68. The van der Waals surface area contributed by atoms with E-state index in [9.17, 15) is 19.2 Å². The van der Waals surface area contributed by atoms with Gasteiger partial charge in [-0.1, -0.05) is 58.1 Å². The molecule has 1 spiro atoms. The zero-order valence-corrected chi connectivity index (χ0v) is 35.7. The fraction of sp³-hybridized carbons (Fsp3) is 0.696. The van der Waals surface area contributed by atoms with E-state index in [0.717, 1.165) is 38.5 Å². The number of esters is 2. The number of hydrogen-bond donors (Lipinski definition) is 0. The van der Waals surface area contributed by atoms with Crippen LogP contribution in [0.15, 0.2) is 46.3 Å². The first-order chi connectivity index (χ1) is 27.2. The van der Waals surface area contributed by atoms with Gasteiger partial charge in [0.15, 0.2) is 46.5 Å². The molecule has 5 heterocycles. The Morgan fingerprint density at radius 3 is 1.78 bits per heavy atom. The number of unbranched alkanes of at least 4 members (excludes halogenated alkanes) is 4. The monoisotopic (exact) mass is 804 g/mol. The highest BCUT2D eigenvalue weighted by Gasteiger charge is 2.85. The lowest BCUT2D eigenvalue weighted by Gasteiger charge is -2.63. The summed E-state index contributed by atoms with van der Waals surface area (Å²) in [6.07, 6.45) is 6.28. The molecule has 0 aromatic carbocycles. The molecule has 12 nitrogen and oxygen atoms in total. The van der Waals surface area contributed by atoms with Gasteiger partial charge in [0.25, 0.3) is 0 Å². The Morgan fingerprint density at radius 1 is 0.707 bits per heavy atom. The Bertz CT molecular complexity index is 1940. The van der Waals surface area contributed by atoms with E-state index in [0.29, 0.717) is 24.0 Å². The fourth-order valence-electron chi connectivity index (χ4n) is 10.2. The molecule has 1 saturated carbocycles. The van der Waals surface area contributed by atoms with Crippen molar-refractivity contribution in [2.75, 3.05) is 0 Å². The molecule has 5 aliphatic heterocycles. The van der Waals surface area contributed by atoms with Crippen LogP contribution >= 0.6 is 0 Å². The molecule has 10 atom stereocenters. The summed E-state index contributed by atoms with van der Waals surface area (Å²) in [5.41, 5.74) is -5.19. The van der Waals surface area contributed by atoms with Crippen molar-refractivity contribution in [3.63, 3.8) is 0 Å². The first-order valence-corrected chi connectivity index (χ1v) is 21.3. The first-order valence-electron chi connectivity index (χ1n) is 21.3. The van der Waals surface area contributed by atoms with E-state index in [-0.39, 0.29) is 35.3 Å². The molecule has 2 bridgehead atoms. The van der Waals surface area contributed by atoms with Crippen LogP contribution in [0, 0.1) is 17.3 Å². The molecular formula is C46H60O12. The maximum absolute atomic E-state index is 15.7. The summed E-state index contributed by atoms with van der Waals surface area (Å²) in [5, 5.41) is 0. The summed E-state index contributed by atoms with van der Waals surface area (Å²) in [6, 6.07) is 0. The highest BCUT2D eigenvalue weighted by atomic mass is 16.6. The van der Waals surface area contributed by atoms with Crippen molar-refractivity contribution in [3.8, 4) is 0 Å². The van der Waals surface area contributed by atoms with Gasteiger partial charge in [0.05, 0.1) is 12.4 Å². The summed E-state index contributed by atoms with van der Waals surface area (Å²) in [4.78, 5) is 86.1. The quantitative estimate of drug-likeness (QED) is 0.0795. The first kappa shape index (κ1) is 42.4. The van der Waals surface area contributed by atoms with E-state index in [1.165, 1.54) is 6.26 Å². The molecule has 0 unspecified atom stereocenters. The molecule has 8 rings (SSSR count). The summed E-state index contributed by atoms with van der Waals surface area (Å²) in [7, 11) is 0. The Kier molecular flexibility index (Phi) is 10.8. The maximum Gasteiger partial charge on any atom is 0.333 e. The average molecular weight is 805 g/mol. The number of fused-ring (bicyclic) bond motifs is 3. The molecule has 0 N–H and O–H groups in total. The van der Waals surface area contributed by atoms with Gasteiger partial charge in [0.1, 0.15) is 28.8 Å². The normalized spacial score (nSPS) is 36.2. The van der Waals surface area contributed by atoms with Crippen molar-refractivity contribution in [3.05, 3.63) is 46.3 Å². The topological polar surface area (TPSA) is 164 Å². The van der Waals surface area contributed by atoms with Crippen LogP contribution in [0.3, 0.4) is 0 Å². The molecule has 4 fully saturated rings. The molecule has 3 aliphatic carbocycles. The number of hydrogen-bond acceptors (Lipinski definition) is 12. The van der Waals surface area contributed by atoms with E-state index in [1.807, 2.05) is 0 Å². The van der Waals surface area contributed by atoms with Crippen LogP contribution in [0.4, 0.5) is 0 Å². The van der Waals surface area contributed by atoms with Crippen LogP contribution in [0.1, 0.15) is 133 Å². The molecule has 3 saturated heterocycles. The van der Waals surface area contributed by atoms with Crippen molar-refractivity contribution in [2.45, 2.75) is 186 Å². The molecule has 0 aromatic rings. The van der Waals surface area contributed by atoms with Crippen molar-refractivity contribution >= 4 is 35.1 Å². The van der Waals surface area contributed by atoms with Crippen molar-refractivity contribution in [1.82, 2.24) is 0 Å². The van der Waals surface area contributed by atoms with E-state index >= 15 is 9.59 Å². The number of epoxide rings is 2. The van der Waals surface area contributed by atoms with Gasteiger partial charge in [0, 0.05) is 52.5 Å². The Hall–Kier alpha value is -3.74. The second kappa shape index (κ2) is 14.8. The van der Waals surface area contributed by atoms with Crippen LogP contribution in [-0.4, -0.2) is 88.0 Å². The third-order valence-corrected chi connectivity index (χ3v) is 13.0. The smallest absolute Gasteiger partial charge is 0.333 e. The number of ketones is 4. The van der Waals surface area contributed by atoms with Crippen LogP contribution in [0.5, 0.6) is 0 Å². The lowest BCUT2D eigenvalue weighted by atomic mass is 9.43. The highest BCUT2D eigenvalue weighted by molar-refractivity contribution is 6.25. The SMILES string of the molecule is CCCCC[C@@H]1OC=C2C(=O)[C@H]3O[C@@]3(C/C=C(\C)C(=O)OC(C)(C)C)C(=O)[C@]23[C@H]1[C@H]1C2=C(C(=O)[C@H]4O[C@@]4(C/C=C(\C)C(=O)OC(C)(C)C)C2=O)[C@@H]3O[C@@H]1CCCCC. The second-order valence-electron chi connectivity index (χ2n) is 19.3. The van der Waals surface area contributed by atoms with E-state index in [1.54, 1.807) is 67.5 Å². The number of rotatable bonds is 14. The van der Waals surface area contributed by atoms with Crippen LogP contribution < -0.4 is 0 Å². The van der Waals surface area contributed by atoms with Crippen LogP contribution in [-0.2, 0) is 57.2 Å². The van der Waals surface area contributed by atoms with E-state index < -0.39 is 99.5 Å². The van der Waals surface area contributed by atoms with Crippen molar-refractivity contribution in [2.24, 2.45) is 17.3 Å². The van der Waals surface area contributed by atoms with Gasteiger partial charge in [-0.3, -0.25) is 19.2 Å².